The average Bonchev–Trinajstić information content (AvgIpc) is 2.55. The van der Waals surface area contributed by atoms with E-state index in [9.17, 15) is 0 Å². The molecular formula is C17H24N2O2S. The number of rotatable bonds is 4. The van der Waals surface area contributed by atoms with Crippen molar-refractivity contribution >= 4 is 17.3 Å². The number of benzene rings is 1. The Balaban J connectivity index is 1.41. The fraction of sp³-hybridized carbons (Fsp3) is 0.588. The molecule has 3 rings (SSSR count). The van der Waals surface area contributed by atoms with Crippen molar-refractivity contribution in [1.29, 1.82) is 0 Å². The SMILES string of the molecule is S=C(NCCc1ccc2c(c1)OCCO2)NC1CCCCC1. The summed E-state index contributed by atoms with van der Waals surface area (Å²) in [6, 6.07) is 6.70. The van der Waals surface area contributed by atoms with Crippen LogP contribution in [-0.2, 0) is 6.42 Å². The Kier molecular flexibility index (Phi) is 5.38. The van der Waals surface area contributed by atoms with Crippen molar-refractivity contribution in [3.63, 3.8) is 0 Å². The molecule has 1 aromatic carbocycles. The molecule has 1 aromatic rings. The van der Waals surface area contributed by atoms with Gasteiger partial charge in [-0.2, -0.15) is 0 Å². The smallest absolute Gasteiger partial charge is 0.166 e. The topological polar surface area (TPSA) is 42.5 Å². The molecule has 0 radical (unpaired) electrons. The zero-order valence-electron chi connectivity index (χ0n) is 12.9. The molecule has 0 aromatic heterocycles. The Hall–Kier alpha value is -1.49. The Morgan fingerprint density at radius 3 is 2.68 bits per heavy atom. The van der Waals surface area contributed by atoms with Gasteiger partial charge in [0.05, 0.1) is 0 Å². The lowest BCUT2D eigenvalue weighted by Crippen LogP contribution is -2.43. The van der Waals surface area contributed by atoms with Crippen molar-refractivity contribution in [1.82, 2.24) is 10.6 Å². The Morgan fingerprint density at radius 2 is 1.86 bits per heavy atom. The molecule has 1 heterocycles. The standard InChI is InChI=1S/C17H24N2O2S/c22-17(19-14-4-2-1-3-5-14)18-9-8-13-6-7-15-16(12-13)21-11-10-20-15/h6-7,12,14H,1-5,8-11H2,(H2,18,19,22). The molecular weight excluding hydrogens is 296 g/mol. The van der Waals surface area contributed by atoms with Gasteiger partial charge in [-0.15, -0.1) is 0 Å². The molecule has 1 aliphatic heterocycles. The first-order valence-electron chi connectivity index (χ1n) is 8.24. The minimum absolute atomic E-state index is 0.558. The third-order valence-corrected chi connectivity index (χ3v) is 4.51. The molecule has 1 fully saturated rings. The van der Waals surface area contributed by atoms with E-state index in [1.807, 2.05) is 6.07 Å². The second kappa shape index (κ2) is 7.68. The van der Waals surface area contributed by atoms with Gasteiger partial charge in [0.2, 0.25) is 0 Å². The minimum Gasteiger partial charge on any atom is -0.486 e. The van der Waals surface area contributed by atoms with Gasteiger partial charge in [-0.1, -0.05) is 25.3 Å². The molecule has 0 unspecified atom stereocenters. The summed E-state index contributed by atoms with van der Waals surface area (Å²) in [4.78, 5) is 0. The van der Waals surface area contributed by atoms with E-state index >= 15 is 0 Å². The van der Waals surface area contributed by atoms with E-state index < -0.39 is 0 Å². The molecule has 0 bridgehead atoms. The van der Waals surface area contributed by atoms with Crippen LogP contribution in [0.2, 0.25) is 0 Å². The van der Waals surface area contributed by atoms with Crippen molar-refractivity contribution in [2.45, 2.75) is 44.6 Å². The van der Waals surface area contributed by atoms with Gasteiger partial charge >= 0.3 is 0 Å². The highest BCUT2D eigenvalue weighted by atomic mass is 32.1. The maximum atomic E-state index is 5.61. The van der Waals surface area contributed by atoms with Gasteiger partial charge < -0.3 is 20.1 Å². The van der Waals surface area contributed by atoms with Crippen molar-refractivity contribution in [2.24, 2.45) is 0 Å². The molecule has 1 saturated carbocycles. The molecule has 1 aliphatic carbocycles. The first-order chi connectivity index (χ1) is 10.8. The summed E-state index contributed by atoms with van der Waals surface area (Å²) < 4.78 is 11.1. The van der Waals surface area contributed by atoms with Crippen LogP contribution in [0.3, 0.4) is 0 Å². The number of thiocarbonyl (C=S) groups is 1. The van der Waals surface area contributed by atoms with Gasteiger partial charge in [0.25, 0.3) is 0 Å². The lowest BCUT2D eigenvalue weighted by molar-refractivity contribution is 0.171. The van der Waals surface area contributed by atoms with Crippen LogP contribution in [-0.4, -0.2) is 30.9 Å². The van der Waals surface area contributed by atoms with Crippen LogP contribution in [0.4, 0.5) is 0 Å². The Morgan fingerprint density at radius 1 is 1.09 bits per heavy atom. The molecule has 4 nitrogen and oxygen atoms in total. The largest absolute Gasteiger partial charge is 0.486 e. The highest BCUT2D eigenvalue weighted by Gasteiger charge is 2.14. The van der Waals surface area contributed by atoms with Gasteiger partial charge in [-0.3, -0.25) is 0 Å². The maximum absolute atomic E-state index is 5.61. The van der Waals surface area contributed by atoms with Crippen molar-refractivity contribution in [2.75, 3.05) is 19.8 Å². The number of hydrogen-bond acceptors (Lipinski definition) is 3. The van der Waals surface area contributed by atoms with Crippen molar-refractivity contribution in [3.05, 3.63) is 23.8 Å². The first-order valence-corrected chi connectivity index (χ1v) is 8.65. The molecule has 0 spiro atoms. The monoisotopic (exact) mass is 320 g/mol. The fourth-order valence-electron chi connectivity index (χ4n) is 3.05. The molecule has 5 heteroatoms. The van der Waals surface area contributed by atoms with Crippen LogP contribution in [0.25, 0.3) is 0 Å². The van der Waals surface area contributed by atoms with Gasteiger partial charge in [-0.25, -0.2) is 0 Å². The summed E-state index contributed by atoms with van der Waals surface area (Å²) in [6.45, 7) is 2.09. The maximum Gasteiger partial charge on any atom is 0.166 e. The van der Waals surface area contributed by atoms with Crippen LogP contribution < -0.4 is 20.1 Å². The van der Waals surface area contributed by atoms with Gasteiger partial charge in [0.15, 0.2) is 16.6 Å². The highest BCUT2D eigenvalue weighted by Crippen LogP contribution is 2.30. The Labute approximate surface area is 137 Å². The van der Waals surface area contributed by atoms with Crippen LogP contribution in [0.1, 0.15) is 37.7 Å². The van der Waals surface area contributed by atoms with E-state index in [-0.39, 0.29) is 0 Å². The van der Waals surface area contributed by atoms with E-state index in [4.69, 9.17) is 21.7 Å². The second-order valence-corrected chi connectivity index (χ2v) is 6.37. The zero-order valence-corrected chi connectivity index (χ0v) is 13.7. The van der Waals surface area contributed by atoms with E-state index in [2.05, 4.69) is 22.8 Å². The van der Waals surface area contributed by atoms with Crippen molar-refractivity contribution < 1.29 is 9.47 Å². The lowest BCUT2D eigenvalue weighted by atomic mass is 9.96. The summed E-state index contributed by atoms with van der Waals surface area (Å²) in [5.41, 5.74) is 1.23. The van der Waals surface area contributed by atoms with Gasteiger partial charge in [0.1, 0.15) is 13.2 Å². The van der Waals surface area contributed by atoms with E-state index in [0.29, 0.717) is 19.3 Å². The first kappa shape index (κ1) is 15.4. The summed E-state index contributed by atoms with van der Waals surface area (Å²) in [6.07, 6.45) is 7.40. The average molecular weight is 320 g/mol. The molecule has 2 aliphatic rings. The number of hydrogen-bond donors (Lipinski definition) is 2. The summed E-state index contributed by atoms with van der Waals surface area (Å²) in [7, 11) is 0. The van der Waals surface area contributed by atoms with Gasteiger partial charge in [0, 0.05) is 12.6 Å². The second-order valence-electron chi connectivity index (χ2n) is 5.96. The van der Waals surface area contributed by atoms with E-state index in [0.717, 1.165) is 29.6 Å². The summed E-state index contributed by atoms with van der Waals surface area (Å²) >= 11 is 5.38. The van der Waals surface area contributed by atoms with Crippen LogP contribution in [0, 0.1) is 0 Å². The van der Waals surface area contributed by atoms with E-state index in [1.54, 1.807) is 0 Å². The molecule has 0 amide bonds. The van der Waals surface area contributed by atoms with Crippen LogP contribution >= 0.6 is 12.2 Å². The number of fused-ring (bicyclic) bond motifs is 1. The van der Waals surface area contributed by atoms with Crippen LogP contribution in [0.5, 0.6) is 11.5 Å². The quantitative estimate of drug-likeness (QED) is 0.835. The Bertz CT molecular complexity index is 515. The minimum atomic E-state index is 0.558. The predicted molar refractivity (Wildman–Crippen MR) is 91.7 cm³/mol. The van der Waals surface area contributed by atoms with Crippen LogP contribution in [0.15, 0.2) is 18.2 Å². The number of ether oxygens (including phenoxy) is 2. The third-order valence-electron chi connectivity index (χ3n) is 4.25. The molecule has 0 saturated heterocycles. The lowest BCUT2D eigenvalue weighted by Gasteiger charge is -2.24. The third kappa shape index (κ3) is 4.26. The summed E-state index contributed by atoms with van der Waals surface area (Å²) in [5, 5.41) is 7.52. The van der Waals surface area contributed by atoms with E-state index in [1.165, 1.54) is 37.7 Å². The molecule has 0 atom stereocenters. The molecule has 120 valence electrons. The van der Waals surface area contributed by atoms with Crippen molar-refractivity contribution in [3.8, 4) is 11.5 Å². The molecule has 2 N–H and O–H groups in total. The zero-order chi connectivity index (χ0) is 15.2. The molecule has 22 heavy (non-hydrogen) atoms. The summed E-state index contributed by atoms with van der Waals surface area (Å²) in [5.74, 6) is 1.70. The van der Waals surface area contributed by atoms with Gasteiger partial charge in [-0.05, 0) is 49.2 Å². The predicted octanol–water partition coefficient (Wildman–Crippen LogP) is 2.80. The number of nitrogens with one attached hydrogen (secondary N) is 2. The fourth-order valence-corrected chi connectivity index (χ4v) is 3.32. The normalized spacial score (nSPS) is 17.8. The highest BCUT2D eigenvalue weighted by molar-refractivity contribution is 7.80.